The molecular weight excluding hydrogens is 258 g/mol. The number of rotatable bonds is 5. The minimum atomic E-state index is 0.258. The molecule has 1 heterocycles. The van der Waals surface area contributed by atoms with Gasteiger partial charge in [0.25, 0.3) is 0 Å². The van der Waals surface area contributed by atoms with Crippen LogP contribution in [0.4, 0.5) is 0 Å². The van der Waals surface area contributed by atoms with Gasteiger partial charge in [0, 0.05) is 30.4 Å². The monoisotopic (exact) mass is 277 g/mol. The number of nitrogens with zero attached hydrogens (tertiary/aromatic N) is 2. The predicted octanol–water partition coefficient (Wildman–Crippen LogP) is 3.88. The lowest BCUT2D eigenvalue weighted by atomic mass is 10.0. The van der Waals surface area contributed by atoms with E-state index in [1.807, 2.05) is 36.1 Å². The third-order valence-electron chi connectivity index (χ3n) is 3.43. The van der Waals surface area contributed by atoms with Crippen LogP contribution in [0.1, 0.15) is 43.6 Å². The number of benzene rings is 1. The first-order valence-electron chi connectivity index (χ1n) is 6.61. The Balaban J connectivity index is 2.11. The first kappa shape index (κ1) is 14.1. The molecular formula is C15H20ClN3. The van der Waals surface area contributed by atoms with Crippen LogP contribution < -0.4 is 5.32 Å². The minimum absolute atomic E-state index is 0.258. The van der Waals surface area contributed by atoms with Gasteiger partial charge >= 0.3 is 0 Å². The second kappa shape index (κ2) is 6.22. The minimum Gasteiger partial charge on any atom is -0.302 e. The second-order valence-corrected chi connectivity index (χ2v) is 5.22. The van der Waals surface area contributed by atoms with Crippen molar-refractivity contribution in [2.75, 3.05) is 0 Å². The van der Waals surface area contributed by atoms with Gasteiger partial charge in [-0.05, 0) is 37.1 Å². The zero-order valence-corrected chi connectivity index (χ0v) is 12.4. The van der Waals surface area contributed by atoms with Crippen LogP contribution in [0.15, 0.2) is 36.5 Å². The Morgan fingerprint density at radius 2 is 1.95 bits per heavy atom. The van der Waals surface area contributed by atoms with Gasteiger partial charge < -0.3 is 5.32 Å². The Kier molecular flexibility index (Phi) is 4.61. The van der Waals surface area contributed by atoms with Crippen molar-refractivity contribution in [2.45, 2.75) is 32.4 Å². The van der Waals surface area contributed by atoms with E-state index in [9.17, 15) is 0 Å². The Hall–Kier alpha value is -1.32. The van der Waals surface area contributed by atoms with E-state index >= 15 is 0 Å². The lowest BCUT2D eigenvalue weighted by Gasteiger charge is -2.23. The van der Waals surface area contributed by atoms with Crippen LogP contribution in [0, 0.1) is 0 Å². The summed E-state index contributed by atoms with van der Waals surface area (Å²) in [6.07, 6.45) is 2.86. The fourth-order valence-electron chi connectivity index (χ4n) is 2.34. The standard InChI is InChI=1S/C15H20ClN3/c1-4-14(12-5-7-13(16)8-6-12)18-11(2)15-9-10-17-19(15)3/h5-11,14,18H,4H2,1-3H3. The van der Waals surface area contributed by atoms with Crippen LogP contribution in [0.2, 0.25) is 5.02 Å². The van der Waals surface area contributed by atoms with Crippen LogP contribution >= 0.6 is 11.6 Å². The maximum atomic E-state index is 5.94. The summed E-state index contributed by atoms with van der Waals surface area (Å²) in [6.45, 7) is 4.35. The molecule has 1 aromatic carbocycles. The van der Waals surface area contributed by atoms with Gasteiger partial charge in [0.15, 0.2) is 0 Å². The molecule has 0 saturated carbocycles. The second-order valence-electron chi connectivity index (χ2n) is 4.78. The van der Waals surface area contributed by atoms with Gasteiger partial charge in [-0.2, -0.15) is 5.10 Å². The highest BCUT2D eigenvalue weighted by Gasteiger charge is 2.15. The SMILES string of the molecule is CCC(NC(C)c1ccnn1C)c1ccc(Cl)cc1. The third-order valence-corrected chi connectivity index (χ3v) is 3.69. The molecule has 2 atom stereocenters. The molecule has 19 heavy (non-hydrogen) atoms. The molecule has 0 fully saturated rings. The molecule has 4 heteroatoms. The van der Waals surface area contributed by atoms with Crippen molar-refractivity contribution >= 4 is 11.6 Å². The van der Waals surface area contributed by atoms with E-state index in [0.29, 0.717) is 6.04 Å². The molecule has 2 rings (SSSR count). The van der Waals surface area contributed by atoms with Crippen molar-refractivity contribution in [3.63, 3.8) is 0 Å². The molecule has 0 amide bonds. The maximum absolute atomic E-state index is 5.94. The number of hydrogen-bond acceptors (Lipinski definition) is 2. The summed E-state index contributed by atoms with van der Waals surface area (Å²) in [7, 11) is 1.97. The fraction of sp³-hybridized carbons (Fsp3) is 0.400. The van der Waals surface area contributed by atoms with Crippen molar-refractivity contribution in [1.29, 1.82) is 0 Å². The van der Waals surface area contributed by atoms with E-state index in [2.05, 4.69) is 36.4 Å². The summed E-state index contributed by atoms with van der Waals surface area (Å²) in [5.41, 5.74) is 2.45. The molecule has 0 saturated heterocycles. The van der Waals surface area contributed by atoms with E-state index in [1.54, 1.807) is 0 Å². The van der Waals surface area contributed by atoms with Gasteiger partial charge in [-0.3, -0.25) is 4.68 Å². The summed E-state index contributed by atoms with van der Waals surface area (Å²) < 4.78 is 1.91. The van der Waals surface area contributed by atoms with Gasteiger partial charge in [-0.1, -0.05) is 30.7 Å². The van der Waals surface area contributed by atoms with Gasteiger partial charge in [0.2, 0.25) is 0 Å². The highest BCUT2D eigenvalue weighted by Crippen LogP contribution is 2.23. The molecule has 0 aliphatic rings. The van der Waals surface area contributed by atoms with Crippen LogP contribution in [-0.4, -0.2) is 9.78 Å². The van der Waals surface area contributed by atoms with Crippen molar-refractivity contribution in [1.82, 2.24) is 15.1 Å². The molecule has 0 bridgehead atoms. The Morgan fingerprint density at radius 3 is 2.47 bits per heavy atom. The Morgan fingerprint density at radius 1 is 1.26 bits per heavy atom. The molecule has 1 aromatic heterocycles. The summed E-state index contributed by atoms with van der Waals surface area (Å²) in [4.78, 5) is 0. The predicted molar refractivity (Wildman–Crippen MR) is 79.2 cm³/mol. The summed E-state index contributed by atoms with van der Waals surface area (Å²) in [5.74, 6) is 0. The van der Waals surface area contributed by atoms with E-state index in [-0.39, 0.29) is 6.04 Å². The molecule has 3 nitrogen and oxygen atoms in total. The normalized spacial score (nSPS) is 14.3. The molecule has 0 spiro atoms. The van der Waals surface area contributed by atoms with Crippen molar-refractivity contribution in [2.24, 2.45) is 7.05 Å². The van der Waals surface area contributed by atoms with Crippen LogP contribution in [-0.2, 0) is 7.05 Å². The number of nitrogens with one attached hydrogen (secondary N) is 1. The van der Waals surface area contributed by atoms with E-state index in [4.69, 9.17) is 11.6 Å². The van der Waals surface area contributed by atoms with E-state index < -0.39 is 0 Å². The van der Waals surface area contributed by atoms with Gasteiger partial charge in [0.1, 0.15) is 0 Å². The van der Waals surface area contributed by atoms with Crippen molar-refractivity contribution in [3.05, 3.63) is 52.8 Å². The molecule has 2 unspecified atom stereocenters. The Labute approximate surface area is 119 Å². The number of aryl methyl sites for hydroxylation is 1. The molecule has 1 N–H and O–H groups in total. The molecule has 102 valence electrons. The fourth-order valence-corrected chi connectivity index (χ4v) is 2.47. The zero-order valence-electron chi connectivity index (χ0n) is 11.6. The van der Waals surface area contributed by atoms with Crippen molar-refractivity contribution in [3.8, 4) is 0 Å². The molecule has 2 aromatic rings. The first-order chi connectivity index (χ1) is 9.11. The first-order valence-corrected chi connectivity index (χ1v) is 6.99. The quantitative estimate of drug-likeness (QED) is 0.899. The van der Waals surface area contributed by atoms with Gasteiger partial charge in [0.05, 0.1) is 5.69 Å². The van der Waals surface area contributed by atoms with E-state index in [0.717, 1.165) is 11.4 Å². The number of halogens is 1. The maximum Gasteiger partial charge on any atom is 0.0547 e. The van der Waals surface area contributed by atoms with E-state index in [1.165, 1.54) is 11.3 Å². The van der Waals surface area contributed by atoms with Crippen molar-refractivity contribution < 1.29 is 0 Å². The topological polar surface area (TPSA) is 29.9 Å². The van der Waals surface area contributed by atoms with Crippen LogP contribution in [0.25, 0.3) is 0 Å². The molecule has 0 radical (unpaired) electrons. The highest BCUT2D eigenvalue weighted by molar-refractivity contribution is 6.30. The van der Waals surface area contributed by atoms with Gasteiger partial charge in [-0.15, -0.1) is 0 Å². The molecule has 0 aliphatic heterocycles. The third kappa shape index (κ3) is 3.37. The zero-order chi connectivity index (χ0) is 13.8. The summed E-state index contributed by atoms with van der Waals surface area (Å²) >= 11 is 5.94. The lowest BCUT2D eigenvalue weighted by Crippen LogP contribution is -2.25. The average molecular weight is 278 g/mol. The number of aromatic nitrogens is 2. The molecule has 0 aliphatic carbocycles. The highest BCUT2D eigenvalue weighted by atomic mass is 35.5. The largest absolute Gasteiger partial charge is 0.302 e. The van der Waals surface area contributed by atoms with Crippen LogP contribution in [0.5, 0.6) is 0 Å². The Bertz CT molecular complexity index is 518. The lowest BCUT2D eigenvalue weighted by molar-refractivity contribution is 0.438. The smallest absolute Gasteiger partial charge is 0.0547 e. The van der Waals surface area contributed by atoms with Crippen LogP contribution in [0.3, 0.4) is 0 Å². The summed E-state index contributed by atoms with van der Waals surface area (Å²) in [6, 6.07) is 10.7. The van der Waals surface area contributed by atoms with Gasteiger partial charge in [-0.25, -0.2) is 0 Å². The summed E-state index contributed by atoms with van der Waals surface area (Å²) in [5, 5.41) is 8.63. The average Bonchev–Trinajstić information content (AvgIpc) is 2.83. The number of hydrogen-bond donors (Lipinski definition) is 1.